The first-order valence-electron chi connectivity index (χ1n) is 4.66. The molecule has 0 spiro atoms. The topological polar surface area (TPSA) is 61.9 Å². The van der Waals surface area contributed by atoms with Gasteiger partial charge in [0.15, 0.2) is 11.2 Å². The van der Waals surface area contributed by atoms with Gasteiger partial charge in [-0.1, -0.05) is 0 Å². The molecule has 2 aromatic rings. The maximum absolute atomic E-state index is 11.8. The van der Waals surface area contributed by atoms with Crippen molar-refractivity contribution in [1.29, 1.82) is 0 Å². The molecule has 2 aromatic heterocycles. The van der Waals surface area contributed by atoms with Crippen LogP contribution in [-0.4, -0.2) is 25.7 Å². The fourth-order valence-corrected chi connectivity index (χ4v) is 1.38. The third-order valence-electron chi connectivity index (χ3n) is 2.18. The summed E-state index contributed by atoms with van der Waals surface area (Å²) in [4.78, 5) is 20.0. The molecule has 0 amide bonds. The highest BCUT2D eigenvalue weighted by Crippen LogP contribution is 2.09. The molecule has 0 saturated heterocycles. The molecule has 0 aromatic carbocycles. The summed E-state index contributed by atoms with van der Waals surface area (Å²) in [6.45, 7) is 2.32. The molecule has 0 aliphatic heterocycles. The van der Waals surface area contributed by atoms with Crippen molar-refractivity contribution in [3.63, 3.8) is 0 Å². The lowest BCUT2D eigenvalue weighted by atomic mass is 10.5. The summed E-state index contributed by atoms with van der Waals surface area (Å²) >= 11 is 0. The zero-order chi connectivity index (χ0) is 11.0. The maximum atomic E-state index is 11.8. The molecule has 0 aliphatic carbocycles. The van der Waals surface area contributed by atoms with Gasteiger partial charge in [-0.2, -0.15) is 4.98 Å². The number of imidazole rings is 1. The van der Waals surface area contributed by atoms with Crippen molar-refractivity contribution in [3.8, 4) is 6.01 Å². The zero-order valence-electron chi connectivity index (χ0n) is 8.89. The van der Waals surface area contributed by atoms with Gasteiger partial charge in [-0.15, -0.1) is 0 Å². The normalized spacial score (nSPS) is 10.9. The van der Waals surface area contributed by atoms with E-state index in [1.54, 1.807) is 25.0 Å². The van der Waals surface area contributed by atoms with Crippen LogP contribution in [-0.2, 0) is 14.1 Å². The van der Waals surface area contributed by atoms with E-state index >= 15 is 0 Å². The van der Waals surface area contributed by atoms with Gasteiger partial charge >= 0.3 is 6.01 Å². The van der Waals surface area contributed by atoms with Crippen LogP contribution in [0.4, 0.5) is 0 Å². The van der Waals surface area contributed by atoms with E-state index in [-0.39, 0.29) is 5.56 Å². The quantitative estimate of drug-likeness (QED) is 0.700. The van der Waals surface area contributed by atoms with Crippen LogP contribution in [0.5, 0.6) is 6.01 Å². The van der Waals surface area contributed by atoms with Crippen molar-refractivity contribution in [2.75, 3.05) is 6.61 Å². The average Bonchev–Trinajstić information content (AvgIpc) is 2.57. The van der Waals surface area contributed by atoms with E-state index in [1.165, 1.54) is 4.57 Å². The molecule has 0 bridgehead atoms. The first kappa shape index (κ1) is 9.70. The van der Waals surface area contributed by atoms with Crippen LogP contribution in [0.1, 0.15) is 6.92 Å². The molecule has 6 heteroatoms. The number of rotatable bonds is 2. The molecule has 0 unspecified atom stereocenters. The summed E-state index contributed by atoms with van der Waals surface area (Å²) in [5, 5.41) is 0. The van der Waals surface area contributed by atoms with Crippen molar-refractivity contribution in [2.45, 2.75) is 6.92 Å². The largest absolute Gasteiger partial charge is 0.465 e. The van der Waals surface area contributed by atoms with Gasteiger partial charge in [0.2, 0.25) is 0 Å². The van der Waals surface area contributed by atoms with Crippen LogP contribution in [0.3, 0.4) is 0 Å². The van der Waals surface area contributed by atoms with Crippen LogP contribution >= 0.6 is 0 Å². The van der Waals surface area contributed by atoms with Crippen molar-refractivity contribution < 1.29 is 4.74 Å². The molecular formula is C9H12N4O2. The van der Waals surface area contributed by atoms with Crippen LogP contribution in [0.2, 0.25) is 0 Å². The number of hydrogen-bond donors (Lipinski definition) is 0. The highest BCUT2D eigenvalue weighted by Gasteiger charge is 2.12. The van der Waals surface area contributed by atoms with Crippen LogP contribution in [0.25, 0.3) is 11.2 Å². The van der Waals surface area contributed by atoms with Crippen LogP contribution in [0, 0.1) is 0 Å². The predicted molar refractivity (Wildman–Crippen MR) is 54.9 cm³/mol. The zero-order valence-corrected chi connectivity index (χ0v) is 8.89. The molecule has 0 fully saturated rings. The molecule has 0 saturated carbocycles. The Kier molecular flexibility index (Phi) is 2.18. The number of hydrogen-bond acceptors (Lipinski definition) is 4. The molecule has 0 atom stereocenters. The van der Waals surface area contributed by atoms with Gasteiger partial charge in [-0.05, 0) is 6.92 Å². The van der Waals surface area contributed by atoms with Crippen molar-refractivity contribution in [2.24, 2.45) is 14.1 Å². The van der Waals surface area contributed by atoms with Gasteiger partial charge in [0.25, 0.3) is 5.56 Å². The Hall–Kier alpha value is -1.85. The minimum Gasteiger partial charge on any atom is -0.465 e. The lowest BCUT2D eigenvalue weighted by Gasteiger charge is -2.06. The predicted octanol–water partition coefficient (Wildman–Crippen LogP) is 0.0657. The van der Waals surface area contributed by atoms with E-state index in [2.05, 4.69) is 9.97 Å². The number of aryl methyl sites for hydroxylation is 1. The lowest BCUT2D eigenvalue weighted by Crippen LogP contribution is -2.21. The fraction of sp³-hybridized carbons (Fsp3) is 0.444. The van der Waals surface area contributed by atoms with E-state index in [1.807, 2.05) is 6.92 Å². The average molecular weight is 208 g/mol. The lowest BCUT2D eigenvalue weighted by molar-refractivity contribution is 0.297. The van der Waals surface area contributed by atoms with E-state index in [9.17, 15) is 4.79 Å². The van der Waals surface area contributed by atoms with Crippen molar-refractivity contribution in [3.05, 3.63) is 16.7 Å². The summed E-state index contributed by atoms with van der Waals surface area (Å²) in [6, 6.07) is 0.318. The number of fused-ring (bicyclic) bond motifs is 1. The molecule has 15 heavy (non-hydrogen) atoms. The third-order valence-corrected chi connectivity index (χ3v) is 2.18. The smallest absolute Gasteiger partial charge is 0.301 e. The first-order chi connectivity index (χ1) is 7.15. The minimum absolute atomic E-state index is 0.191. The van der Waals surface area contributed by atoms with Crippen LogP contribution < -0.4 is 10.3 Å². The van der Waals surface area contributed by atoms with Gasteiger partial charge in [0.05, 0.1) is 12.9 Å². The molecular weight excluding hydrogens is 196 g/mol. The standard InChI is InChI=1S/C9H12N4O2/c1-4-15-9-11-7-6(8(14)13(9)3)10-5-12(7)2/h5H,4H2,1-3H3. The SMILES string of the molecule is CCOc1nc2c(ncn2C)c(=O)n1C. The number of ether oxygens (including phenoxy) is 1. The number of nitrogens with zero attached hydrogens (tertiary/aromatic N) is 4. The Balaban J connectivity index is 2.79. The molecule has 2 rings (SSSR count). The summed E-state index contributed by atoms with van der Waals surface area (Å²) < 4.78 is 8.31. The second-order valence-corrected chi connectivity index (χ2v) is 3.22. The van der Waals surface area contributed by atoms with Gasteiger partial charge in [-0.3, -0.25) is 9.36 Å². The van der Waals surface area contributed by atoms with E-state index in [0.717, 1.165) is 0 Å². The summed E-state index contributed by atoms with van der Waals surface area (Å²) in [5.74, 6) is 0. The monoisotopic (exact) mass is 208 g/mol. The molecule has 0 N–H and O–H groups in total. The minimum atomic E-state index is -0.191. The Morgan fingerprint density at radius 1 is 1.47 bits per heavy atom. The maximum Gasteiger partial charge on any atom is 0.301 e. The van der Waals surface area contributed by atoms with Crippen LogP contribution in [0.15, 0.2) is 11.1 Å². The van der Waals surface area contributed by atoms with Crippen molar-refractivity contribution in [1.82, 2.24) is 19.1 Å². The first-order valence-corrected chi connectivity index (χ1v) is 4.66. The fourth-order valence-electron chi connectivity index (χ4n) is 1.38. The van der Waals surface area contributed by atoms with E-state index in [0.29, 0.717) is 23.8 Å². The second-order valence-electron chi connectivity index (χ2n) is 3.22. The Morgan fingerprint density at radius 2 is 2.20 bits per heavy atom. The molecule has 0 aliphatic rings. The Labute approximate surface area is 86.1 Å². The summed E-state index contributed by atoms with van der Waals surface area (Å²) in [5.41, 5.74) is 0.717. The highest BCUT2D eigenvalue weighted by atomic mass is 16.5. The van der Waals surface area contributed by atoms with Gasteiger partial charge < -0.3 is 9.30 Å². The van der Waals surface area contributed by atoms with Crippen molar-refractivity contribution >= 4 is 11.2 Å². The molecule has 0 radical (unpaired) electrons. The van der Waals surface area contributed by atoms with E-state index in [4.69, 9.17) is 4.74 Å². The van der Waals surface area contributed by atoms with Gasteiger partial charge in [0.1, 0.15) is 0 Å². The Bertz CT molecular complexity index is 555. The number of aromatic nitrogens is 4. The summed E-state index contributed by atoms with van der Waals surface area (Å²) in [6.07, 6.45) is 1.56. The highest BCUT2D eigenvalue weighted by molar-refractivity contribution is 5.69. The van der Waals surface area contributed by atoms with Gasteiger partial charge in [0, 0.05) is 14.1 Å². The second kappa shape index (κ2) is 3.38. The third kappa shape index (κ3) is 1.38. The molecule has 2 heterocycles. The molecule has 6 nitrogen and oxygen atoms in total. The van der Waals surface area contributed by atoms with Gasteiger partial charge in [-0.25, -0.2) is 4.98 Å². The van der Waals surface area contributed by atoms with E-state index < -0.39 is 0 Å². The Morgan fingerprint density at radius 3 is 2.87 bits per heavy atom. The molecule has 80 valence electrons. The summed E-state index contributed by atoms with van der Waals surface area (Å²) in [7, 11) is 3.41.